The Morgan fingerprint density at radius 2 is 2.20 bits per heavy atom. The number of aromatic nitrogens is 3. The fourth-order valence-corrected chi connectivity index (χ4v) is 2.76. The average Bonchev–Trinajstić information content (AvgIpc) is 2.93. The van der Waals surface area contributed by atoms with Crippen LogP contribution < -0.4 is 5.32 Å². The maximum Gasteiger partial charge on any atom is 0.277 e. The Balaban J connectivity index is 1.97. The van der Waals surface area contributed by atoms with Crippen LogP contribution in [0, 0.1) is 0 Å². The van der Waals surface area contributed by atoms with Crippen molar-refractivity contribution in [2.24, 2.45) is 0 Å². The molecule has 1 fully saturated rings. The fourth-order valence-electron chi connectivity index (χ4n) is 2.76. The minimum atomic E-state index is -0.668. The molecule has 0 aromatic carbocycles. The van der Waals surface area contributed by atoms with Crippen LogP contribution in [0.2, 0.25) is 0 Å². The zero-order valence-corrected chi connectivity index (χ0v) is 11.5. The molecule has 1 atom stereocenters. The van der Waals surface area contributed by atoms with Crippen LogP contribution in [0.4, 0.5) is 0 Å². The summed E-state index contributed by atoms with van der Waals surface area (Å²) in [6, 6.07) is 0. The van der Waals surface area contributed by atoms with E-state index >= 15 is 0 Å². The minimum absolute atomic E-state index is 0.0596. The normalized spacial score (nSPS) is 24.4. The molecule has 0 saturated carbocycles. The van der Waals surface area contributed by atoms with E-state index in [1.807, 2.05) is 0 Å². The third-order valence-electron chi connectivity index (χ3n) is 4.14. The maximum absolute atomic E-state index is 12.6. The van der Waals surface area contributed by atoms with Crippen molar-refractivity contribution < 1.29 is 14.7 Å². The molecule has 2 N–H and O–H groups in total. The van der Waals surface area contributed by atoms with Crippen LogP contribution >= 0.6 is 0 Å². The lowest BCUT2D eigenvalue weighted by Crippen LogP contribution is -2.48. The van der Waals surface area contributed by atoms with Gasteiger partial charge in [0.05, 0.1) is 18.2 Å². The van der Waals surface area contributed by atoms with Gasteiger partial charge in [-0.05, 0) is 20.3 Å². The zero-order valence-electron chi connectivity index (χ0n) is 11.5. The van der Waals surface area contributed by atoms with Gasteiger partial charge in [-0.25, -0.2) is 4.68 Å². The molecule has 1 aromatic rings. The lowest BCUT2D eigenvalue weighted by atomic mass is 9.98. The molecule has 1 aromatic heterocycles. The number of carbonyl (C=O) groups excluding carboxylic acids is 2. The SMILES string of the molecule is CC1(C)C(O)CCN1C(=O)c1nnn2c1C(=O)NCC2. The molecule has 0 spiro atoms. The topological polar surface area (TPSA) is 100 Å². The summed E-state index contributed by atoms with van der Waals surface area (Å²) in [7, 11) is 0. The predicted molar refractivity (Wildman–Crippen MR) is 68.1 cm³/mol. The highest BCUT2D eigenvalue weighted by Gasteiger charge is 2.45. The Hall–Kier alpha value is -1.96. The molecule has 0 radical (unpaired) electrons. The van der Waals surface area contributed by atoms with E-state index in [0.29, 0.717) is 26.1 Å². The standard InChI is InChI=1S/C12H17N5O3/c1-12(2)7(18)3-5-16(12)11(20)8-9-10(19)13-4-6-17(9)15-14-8/h7,18H,3-6H2,1-2H3,(H,13,19). The molecule has 2 aliphatic rings. The van der Waals surface area contributed by atoms with Gasteiger partial charge >= 0.3 is 0 Å². The van der Waals surface area contributed by atoms with E-state index < -0.39 is 11.6 Å². The number of amides is 2. The van der Waals surface area contributed by atoms with Gasteiger partial charge in [0.2, 0.25) is 0 Å². The second-order valence-corrected chi connectivity index (χ2v) is 5.68. The molecule has 0 aliphatic carbocycles. The highest BCUT2D eigenvalue weighted by molar-refractivity contribution is 6.05. The summed E-state index contributed by atoms with van der Waals surface area (Å²) in [6.45, 7) is 5.04. The maximum atomic E-state index is 12.6. The highest BCUT2D eigenvalue weighted by Crippen LogP contribution is 2.30. The summed E-state index contributed by atoms with van der Waals surface area (Å²) in [5.74, 6) is -0.688. The predicted octanol–water partition coefficient (Wildman–Crippen LogP) is -0.993. The smallest absolute Gasteiger partial charge is 0.277 e. The van der Waals surface area contributed by atoms with Gasteiger partial charge in [-0.1, -0.05) is 5.21 Å². The third kappa shape index (κ3) is 1.71. The monoisotopic (exact) mass is 279 g/mol. The molecular weight excluding hydrogens is 262 g/mol. The largest absolute Gasteiger partial charge is 0.391 e. The van der Waals surface area contributed by atoms with Crippen molar-refractivity contribution in [3.63, 3.8) is 0 Å². The van der Waals surface area contributed by atoms with E-state index in [1.54, 1.807) is 18.7 Å². The average molecular weight is 279 g/mol. The Morgan fingerprint density at radius 1 is 1.45 bits per heavy atom. The Morgan fingerprint density at radius 3 is 2.85 bits per heavy atom. The molecule has 108 valence electrons. The van der Waals surface area contributed by atoms with Gasteiger partial charge in [-0.2, -0.15) is 0 Å². The Labute approximate surface area is 115 Å². The van der Waals surface area contributed by atoms with Gasteiger partial charge in [0.15, 0.2) is 11.4 Å². The van der Waals surface area contributed by atoms with Crippen LogP contribution in [0.5, 0.6) is 0 Å². The quantitative estimate of drug-likeness (QED) is 0.687. The van der Waals surface area contributed by atoms with Gasteiger partial charge < -0.3 is 15.3 Å². The second-order valence-electron chi connectivity index (χ2n) is 5.68. The first-order valence-corrected chi connectivity index (χ1v) is 6.64. The van der Waals surface area contributed by atoms with E-state index in [4.69, 9.17) is 0 Å². The molecule has 2 aliphatic heterocycles. The van der Waals surface area contributed by atoms with E-state index in [9.17, 15) is 14.7 Å². The summed E-state index contributed by atoms with van der Waals surface area (Å²) >= 11 is 0. The van der Waals surface area contributed by atoms with Crippen molar-refractivity contribution in [3.05, 3.63) is 11.4 Å². The number of nitrogens with one attached hydrogen (secondary N) is 1. The number of aliphatic hydroxyl groups is 1. The van der Waals surface area contributed by atoms with E-state index in [0.717, 1.165) is 0 Å². The lowest BCUT2D eigenvalue weighted by Gasteiger charge is -2.33. The van der Waals surface area contributed by atoms with Gasteiger partial charge in [-0.3, -0.25) is 9.59 Å². The van der Waals surface area contributed by atoms with Crippen LogP contribution in [-0.2, 0) is 6.54 Å². The molecule has 1 unspecified atom stereocenters. The van der Waals surface area contributed by atoms with Crippen molar-refractivity contribution in [1.82, 2.24) is 25.2 Å². The summed E-state index contributed by atoms with van der Waals surface area (Å²) in [5.41, 5.74) is -0.401. The Kier molecular flexibility index (Phi) is 2.79. The molecular formula is C12H17N5O3. The first-order chi connectivity index (χ1) is 9.43. The fraction of sp³-hybridized carbons (Fsp3) is 0.667. The summed E-state index contributed by atoms with van der Waals surface area (Å²) < 4.78 is 1.45. The van der Waals surface area contributed by atoms with E-state index in [2.05, 4.69) is 15.6 Å². The molecule has 2 amide bonds. The number of aliphatic hydroxyl groups excluding tert-OH is 1. The van der Waals surface area contributed by atoms with Crippen LogP contribution in [0.1, 0.15) is 41.2 Å². The van der Waals surface area contributed by atoms with E-state index in [-0.39, 0.29) is 23.2 Å². The number of nitrogens with zero attached hydrogens (tertiary/aromatic N) is 4. The molecule has 20 heavy (non-hydrogen) atoms. The summed E-state index contributed by atoms with van der Waals surface area (Å²) in [5, 5.41) is 20.4. The van der Waals surface area contributed by atoms with Crippen LogP contribution in [0.15, 0.2) is 0 Å². The lowest BCUT2D eigenvalue weighted by molar-refractivity contribution is 0.0387. The third-order valence-corrected chi connectivity index (χ3v) is 4.14. The first-order valence-electron chi connectivity index (χ1n) is 6.64. The molecule has 8 nitrogen and oxygen atoms in total. The van der Waals surface area contributed by atoms with Gasteiger partial charge in [0.25, 0.3) is 11.8 Å². The molecule has 1 saturated heterocycles. The number of rotatable bonds is 1. The van der Waals surface area contributed by atoms with Crippen molar-refractivity contribution in [3.8, 4) is 0 Å². The van der Waals surface area contributed by atoms with Crippen LogP contribution in [-0.4, -0.2) is 61.5 Å². The Bertz CT molecular complexity index is 580. The summed E-state index contributed by atoms with van der Waals surface area (Å²) in [6.07, 6.45) is -0.0549. The van der Waals surface area contributed by atoms with E-state index in [1.165, 1.54) is 4.68 Å². The molecule has 3 rings (SSSR count). The van der Waals surface area contributed by atoms with Gasteiger partial charge in [0.1, 0.15) is 0 Å². The number of carbonyl (C=O) groups is 2. The van der Waals surface area contributed by atoms with Crippen molar-refractivity contribution in [2.75, 3.05) is 13.1 Å². The van der Waals surface area contributed by atoms with Crippen molar-refractivity contribution >= 4 is 11.8 Å². The second kappa shape index (κ2) is 4.27. The number of hydrogen-bond acceptors (Lipinski definition) is 5. The first kappa shape index (κ1) is 13.0. The minimum Gasteiger partial charge on any atom is -0.391 e. The number of fused-ring (bicyclic) bond motifs is 1. The zero-order chi connectivity index (χ0) is 14.5. The number of likely N-dealkylation sites (tertiary alicyclic amines) is 1. The molecule has 8 heteroatoms. The highest BCUT2D eigenvalue weighted by atomic mass is 16.3. The molecule has 0 bridgehead atoms. The van der Waals surface area contributed by atoms with Crippen molar-refractivity contribution in [2.45, 2.75) is 38.5 Å². The van der Waals surface area contributed by atoms with Gasteiger partial charge in [-0.15, -0.1) is 5.10 Å². The molecule has 3 heterocycles. The van der Waals surface area contributed by atoms with Crippen LogP contribution in [0.3, 0.4) is 0 Å². The van der Waals surface area contributed by atoms with Crippen LogP contribution in [0.25, 0.3) is 0 Å². The van der Waals surface area contributed by atoms with Gasteiger partial charge in [0, 0.05) is 13.1 Å². The number of hydrogen-bond donors (Lipinski definition) is 2. The summed E-state index contributed by atoms with van der Waals surface area (Å²) in [4.78, 5) is 26.0. The van der Waals surface area contributed by atoms with Crippen molar-refractivity contribution in [1.29, 1.82) is 0 Å².